The Bertz CT molecular complexity index is 1090. The van der Waals surface area contributed by atoms with Crippen LogP contribution in [0.4, 0.5) is 17.1 Å². The van der Waals surface area contributed by atoms with Gasteiger partial charge in [0.05, 0.1) is 4.92 Å². The number of nitro groups is 1. The lowest BCUT2D eigenvalue weighted by Crippen LogP contribution is -2.26. The molecule has 1 N–H and O–H groups in total. The van der Waals surface area contributed by atoms with Crippen LogP contribution in [0.2, 0.25) is 0 Å². The van der Waals surface area contributed by atoms with Crippen molar-refractivity contribution in [3.63, 3.8) is 0 Å². The smallest absolute Gasteiger partial charge is 0.270 e. The molecule has 0 radical (unpaired) electrons. The molecular weight excluding hydrogens is 398 g/mol. The number of nitrogens with one attached hydrogen (secondary N) is 1. The number of nitro benzene ring substituents is 1. The summed E-state index contributed by atoms with van der Waals surface area (Å²) in [4.78, 5) is 36.4. The predicted molar refractivity (Wildman–Crippen MR) is 118 cm³/mol. The molecule has 0 unspecified atom stereocenters. The number of benzene rings is 3. The van der Waals surface area contributed by atoms with Crippen molar-refractivity contribution in [1.29, 1.82) is 0 Å². The van der Waals surface area contributed by atoms with Gasteiger partial charge in [0.25, 0.3) is 17.5 Å². The predicted octanol–water partition coefficient (Wildman–Crippen LogP) is 4.20. The number of hydrogen-bond acceptors (Lipinski definition) is 5. The van der Waals surface area contributed by atoms with Crippen LogP contribution in [0.3, 0.4) is 0 Å². The van der Waals surface area contributed by atoms with Gasteiger partial charge in [-0.05, 0) is 49.4 Å². The zero-order valence-electron chi connectivity index (χ0n) is 17.1. The molecular formula is C23H21N3O5. The molecule has 158 valence electrons. The Kier molecular flexibility index (Phi) is 6.61. The molecule has 0 spiro atoms. The summed E-state index contributed by atoms with van der Waals surface area (Å²) in [6.07, 6.45) is 0. The topological polar surface area (TPSA) is 102 Å². The minimum Gasteiger partial charge on any atom is -0.484 e. The monoisotopic (exact) mass is 419 g/mol. The normalized spacial score (nSPS) is 10.3. The van der Waals surface area contributed by atoms with Crippen molar-refractivity contribution in [3.8, 4) is 5.75 Å². The second kappa shape index (κ2) is 9.53. The maximum atomic E-state index is 12.6. The Morgan fingerprint density at radius 3 is 2.35 bits per heavy atom. The molecule has 0 aliphatic rings. The van der Waals surface area contributed by atoms with Gasteiger partial charge in [0.15, 0.2) is 6.61 Å². The van der Waals surface area contributed by atoms with Crippen molar-refractivity contribution >= 4 is 28.9 Å². The van der Waals surface area contributed by atoms with Gasteiger partial charge in [0.2, 0.25) is 0 Å². The molecule has 0 bridgehead atoms. The second-order valence-electron chi connectivity index (χ2n) is 6.87. The number of hydrogen-bond donors (Lipinski definition) is 1. The number of nitrogens with zero attached hydrogens (tertiary/aromatic N) is 2. The number of non-ortho nitro benzene ring substituents is 1. The quantitative estimate of drug-likeness (QED) is 0.457. The van der Waals surface area contributed by atoms with Crippen molar-refractivity contribution in [2.45, 2.75) is 6.92 Å². The Morgan fingerprint density at radius 2 is 1.71 bits per heavy atom. The van der Waals surface area contributed by atoms with Gasteiger partial charge in [-0.25, -0.2) is 0 Å². The molecule has 2 amide bonds. The van der Waals surface area contributed by atoms with Gasteiger partial charge in [-0.3, -0.25) is 19.7 Å². The highest BCUT2D eigenvalue weighted by atomic mass is 16.6. The molecule has 0 saturated heterocycles. The molecule has 0 heterocycles. The molecule has 0 aliphatic heterocycles. The van der Waals surface area contributed by atoms with Crippen LogP contribution < -0.4 is 15.0 Å². The third-order valence-electron chi connectivity index (χ3n) is 4.54. The van der Waals surface area contributed by atoms with E-state index in [1.807, 2.05) is 31.2 Å². The van der Waals surface area contributed by atoms with Gasteiger partial charge in [-0.1, -0.05) is 23.8 Å². The molecule has 0 atom stereocenters. The number of anilines is 2. The summed E-state index contributed by atoms with van der Waals surface area (Å²) in [5.41, 5.74) is 2.43. The van der Waals surface area contributed by atoms with Crippen LogP contribution in [0.1, 0.15) is 15.9 Å². The van der Waals surface area contributed by atoms with Crippen LogP contribution in [-0.4, -0.2) is 30.4 Å². The Labute approximate surface area is 179 Å². The van der Waals surface area contributed by atoms with Crippen LogP contribution >= 0.6 is 0 Å². The largest absolute Gasteiger partial charge is 0.484 e. The lowest BCUT2D eigenvalue weighted by molar-refractivity contribution is -0.384. The van der Waals surface area contributed by atoms with Gasteiger partial charge in [0.1, 0.15) is 5.75 Å². The van der Waals surface area contributed by atoms with Gasteiger partial charge in [-0.15, -0.1) is 0 Å². The van der Waals surface area contributed by atoms with Crippen LogP contribution in [0.25, 0.3) is 0 Å². The number of rotatable bonds is 7. The Morgan fingerprint density at radius 1 is 1.03 bits per heavy atom. The molecule has 3 aromatic rings. The van der Waals surface area contributed by atoms with E-state index in [1.165, 1.54) is 29.2 Å². The Hall–Kier alpha value is -4.20. The lowest BCUT2D eigenvalue weighted by atomic mass is 10.1. The molecule has 3 rings (SSSR count). The van der Waals surface area contributed by atoms with E-state index in [0.717, 1.165) is 5.56 Å². The van der Waals surface area contributed by atoms with Crippen molar-refractivity contribution in [3.05, 3.63) is 94.0 Å². The van der Waals surface area contributed by atoms with Crippen molar-refractivity contribution in [2.75, 3.05) is 23.9 Å². The fourth-order valence-electron chi connectivity index (χ4n) is 2.81. The summed E-state index contributed by atoms with van der Waals surface area (Å²) >= 11 is 0. The lowest BCUT2D eigenvalue weighted by Gasteiger charge is -2.18. The summed E-state index contributed by atoms with van der Waals surface area (Å²) in [5.74, 6) is -0.195. The van der Waals surface area contributed by atoms with Crippen molar-refractivity contribution in [1.82, 2.24) is 0 Å². The van der Waals surface area contributed by atoms with Crippen molar-refractivity contribution in [2.24, 2.45) is 0 Å². The fraction of sp³-hybridized carbons (Fsp3) is 0.130. The molecule has 0 aromatic heterocycles. The highest BCUT2D eigenvalue weighted by Gasteiger charge is 2.16. The first kappa shape index (κ1) is 21.5. The standard InChI is InChI=1S/C23H21N3O5/c1-16-6-8-18(9-7-16)24-22(27)15-31-21-12-10-19(11-13-21)25(2)23(28)17-4-3-5-20(14-17)26(29)30/h3-14H,15H2,1-2H3,(H,24,27). The summed E-state index contributed by atoms with van der Waals surface area (Å²) in [5, 5.41) is 13.7. The van der Waals surface area contributed by atoms with Gasteiger partial charge >= 0.3 is 0 Å². The average Bonchev–Trinajstić information content (AvgIpc) is 2.78. The number of amides is 2. The zero-order valence-corrected chi connectivity index (χ0v) is 17.1. The van der Waals surface area contributed by atoms with E-state index in [-0.39, 0.29) is 29.7 Å². The van der Waals surface area contributed by atoms with E-state index in [4.69, 9.17) is 4.74 Å². The fourth-order valence-corrected chi connectivity index (χ4v) is 2.81. The van der Waals surface area contributed by atoms with E-state index in [0.29, 0.717) is 17.1 Å². The zero-order chi connectivity index (χ0) is 22.4. The van der Waals surface area contributed by atoms with Crippen LogP contribution in [0.15, 0.2) is 72.8 Å². The molecule has 8 nitrogen and oxygen atoms in total. The molecule has 0 saturated carbocycles. The third kappa shape index (κ3) is 5.66. The summed E-state index contributed by atoms with van der Waals surface area (Å²) in [6.45, 7) is 1.81. The SMILES string of the molecule is Cc1ccc(NC(=O)COc2ccc(N(C)C(=O)c3cccc([N+](=O)[O-])c3)cc2)cc1. The highest BCUT2D eigenvalue weighted by Crippen LogP contribution is 2.22. The van der Waals surface area contributed by atoms with Gasteiger partial charge < -0.3 is 15.0 Å². The molecule has 3 aromatic carbocycles. The maximum Gasteiger partial charge on any atom is 0.270 e. The number of carbonyl (C=O) groups excluding carboxylic acids is 2. The first-order valence-corrected chi connectivity index (χ1v) is 9.45. The van der Waals surface area contributed by atoms with Crippen molar-refractivity contribution < 1.29 is 19.2 Å². The maximum absolute atomic E-state index is 12.6. The number of aryl methyl sites for hydroxylation is 1. The summed E-state index contributed by atoms with van der Waals surface area (Å²) in [6, 6.07) is 19.6. The number of ether oxygens (including phenoxy) is 1. The van der Waals surface area contributed by atoms with Gasteiger partial charge in [-0.2, -0.15) is 0 Å². The number of carbonyl (C=O) groups is 2. The first-order chi connectivity index (χ1) is 14.8. The molecule has 0 fully saturated rings. The summed E-state index contributed by atoms with van der Waals surface area (Å²) < 4.78 is 5.50. The van der Waals surface area contributed by atoms with E-state index < -0.39 is 4.92 Å². The van der Waals surface area contributed by atoms with E-state index in [9.17, 15) is 19.7 Å². The van der Waals surface area contributed by atoms with Crippen LogP contribution in [-0.2, 0) is 4.79 Å². The average molecular weight is 419 g/mol. The molecule has 0 aliphatic carbocycles. The second-order valence-corrected chi connectivity index (χ2v) is 6.87. The van der Waals surface area contributed by atoms with Crippen LogP contribution in [0, 0.1) is 17.0 Å². The Balaban J connectivity index is 1.58. The van der Waals surface area contributed by atoms with E-state index >= 15 is 0 Å². The minimum absolute atomic E-state index is 0.146. The molecule has 8 heteroatoms. The molecule has 31 heavy (non-hydrogen) atoms. The first-order valence-electron chi connectivity index (χ1n) is 9.45. The minimum atomic E-state index is -0.544. The van der Waals surface area contributed by atoms with Gasteiger partial charge in [0, 0.05) is 36.1 Å². The van der Waals surface area contributed by atoms with Crippen LogP contribution in [0.5, 0.6) is 5.75 Å². The van der Waals surface area contributed by atoms with E-state index in [1.54, 1.807) is 31.3 Å². The summed E-state index contributed by atoms with van der Waals surface area (Å²) in [7, 11) is 1.58. The van der Waals surface area contributed by atoms with E-state index in [2.05, 4.69) is 5.32 Å². The third-order valence-corrected chi connectivity index (χ3v) is 4.54. The highest BCUT2D eigenvalue weighted by molar-refractivity contribution is 6.06.